The Balaban J connectivity index is 3.40. The first-order chi connectivity index (χ1) is 20.5. The van der Waals surface area contributed by atoms with Gasteiger partial charge in [0, 0.05) is 88.2 Å². The van der Waals surface area contributed by atoms with Gasteiger partial charge in [-0.3, -0.25) is 0 Å². The molecule has 1 heterocycles. The molecule has 1 aliphatic rings. The molecule has 14 unspecified atom stereocenters. The van der Waals surface area contributed by atoms with Crippen molar-refractivity contribution in [3.63, 3.8) is 0 Å². The first-order valence-electron chi connectivity index (χ1n) is 15.5. The second kappa shape index (κ2) is 20.6. The molecule has 0 aliphatic carbocycles. The molecule has 0 N–H and O–H groups in total. The summed E-state index contributed by atoms with van der Waals surface area (Å²) in [6, 6.07) is 0. The molecule has 1 fully saturated rings. The van der Waals surface area contributed by atoms with Crippen molar-refractivity contribution in [3.8, 4) is 0 Å². The highest BCUT2D eigenvalue weighted by Crippen LogP contribution is 2.35. The minimum absolute atomic E-state index is 0.00266. The molecule has 1 aliphatic heterocycles. The molecule has 0 aromatic carbocycles. The summed E-state index contributed by atoms with van der Waals surface area (Å²) < 4.78 is 65.9. The molecule has 0 spiro atoms. The summed E-state index contributed by atoms with van der Waals surface area (Å²) in [4.78, 5) is 0. The third kappa shape index (κ3) is 10.5. The van der Waals surface area contributed by atoms with Crippen molar-refractivity contribution in [3.05, 3.63) is 0 Å². The highest BCUT2D eigenvalue weighted by Gasteiger charge is 2.48. The van der Waals surface area contributed by atoms with Crippen LogP contribution in [0.15, 0.2) is 0 Å². The molecule has 0 aromatic rings. The fraction of sp³-hybridized carbons (Fsp3) is 1.00. The van der Waals surface area contributed by atoms with Gasteiger partial charge < -0.3 is 52.1 Å². The first-order valence-corrected chi connectivity index (χ1v) is 15.5. The van der Waals surface area contributed by atoms with Crippen LogP contribution in [0.1, 0.15) is 48.0 Å². The molecule has 0 bridgehead atoms. The average molecular weight is 625 g/mol. The topological polar surface area (TPSA) is 102 Å². The zero-order chi connectivity index (χ0) is 32.9. The van der Waals surface area contributed by atoms with E-state index in [1.54, 1.807) is 64.0 Å². The summed E-state index contributed by atoms with van der Waals surface area (Å²) in [5.74, 6) is 0.197. The van der Waals surface area contributed by atoms with Crippen molar-refractivity contribution in [2.75, 3.05) is 70.6 Å². The minimum Gasteiger partial charge on any atom is -0.382 e. The van der Waals surface area contributed by atoms with E-state index in [2.05, 4.69) is 34.6 Å². The van der Waals surface area contributed by atoms with Crippen molar-refractivity contribution in [1.82, 2.24) is 0 Å². The number of ether oxygens (including phenoxy) is 11. The maximum Gasteiger partial charge on any atom is 0.187 e. The summed E-state index contributed by atoms with van der Waals surface area (Å²) >= 11 is 0. The lowest BCUT2D eigenvalue weighted by atomic mass is 9.80. The fourth-order valence-electron chi connectivity index (χ4n) is 7.02. The van der Waals surface area contributed by atoms with Gasteiger partial charge in [0.15, 0.2) is 6.29 Å². The van der Waals surface area contributed by atoms with Crippen LogP contribution in [0.25, 0.3) is 0 Å². The lowest BCUT2D eigenvalue weighted by molar-refractivity contribution is -0.322. The third-order valence-electron chi connectivity index (χ3n) is 9.34. The van der Waals surface area contributed by atoms with Crippen LogP contribution in [0, 0.1) is 23.7 Å². The average Bonchev–Trinajstić information content (AvgIpc) is 2.98. The molecule has 0 radical (unpaired) electrons. The molecule has 0 aromatic heterocycles. The van der Waals surface area contributed by atoms with Crippen LogP contribution in [-0.4, -0.2) is 138 Å². The molecule has 0 amide bonds. The van der Waals surface area contributed by atoms with Gasteiger partial charge in [-0.2, -0.15) is 0 Å². The largest absolute Gasteiger partial charge is 0.382 e. The van der Waals surface area contributed by atoms with Crippen LogP contribution in [0.3, 0.4) is 0 Å². The Hall–Kier alpha value is -0.440. The second-order valence-corrected chi connectivity index (χ2v) is 12.1. The molecule has 11 heteroatoms. The summed E-state index contributed by atoms with van der Waals surface area (Å²) in [6.07, 6.45) is -2.86. The van der Waals surface area contributed by atoms with Gasteiger partial charge in [-0.05, 0) is 12.8 Å². The van der Waals surface area contributed by atoms with Crippen LogP contribution < -0.4 is 0 Å². The summed E-state index contributed by atoms with van der Waals surface area (Å²) in [7, 11) is 15.2. The standard InChI is InChI=1S/C32H64O11/c1-18(2)26(36-10)20(4)24(43-32-31(41-15)30(40-14)29(39-13)22(6)42-32)16-23(34-8)19(3)27(37-11)21(5)28(38-12)25(35-9)17-33-7/h18-32H,16-17H2,1-15H3. The number of hydrogen-bond donors (Lipinski definition) is 0. The Morgan fingerprint density at radius 2 is 1.05 bits per heavy atom. The van der Waals surface area contributed by atoms with E-state index in [-0.39, 0.29) is 78.6 Å². The minimum atomic E-state index is -0.687. The Labute approximate surface area is 261 Å². The molecule has 14 atom stereocenters. The van der Waals surface area contributed by atoms with Gasteiger partial charge in [-0.25, -0.2) is 0 Å². The Morgan fingerprint density at radius 3 is 1.47 bits per heavy atom. The number of hydrogen-bond acceptors (Lipinski definition) is 11. The predicted octanol–water partition coefficient (Wildman–Crippen LogP) is 3.84. The highest BCUT2D eigenvalue weighted by molar-refractivity contribution is 4.93. The van der Waals surface area contributed by atoms with Gasteiger partial charge in [0.2, 0.25) is 0 Å². The van der Waals surface area contributed by atoms with E-state index in [9.17, 15) is 0 Å². The molecule has 0 saturated carbocycles. The van der Waals surface area contributed by atoms with E-state index in [0.717, 1.165) is 0 Å². The van der Waals surface area contributed by atoms with Crippen molar-refractivity contribution in [1.29, 1.82) is 0 Å². The number of methoxy groups -OCH3 is 9. The molecule has 1 saturated heterocycles. The molecular weight excluding hydrogens is 560 g/mol. The lowest BCUT2D eigenvalue weighted by Gasteiger charge is -2.46. The first kappa shape index (κ1) is 40.6. The van der Waals surface area contributed by atoms with E-state index in [0.29, 0.717) is 13.0 Å². The van der Waals surface area contributed by atoms with Crippen molar-refractivity contribution in [2.45, 2.75) is 115 Å². The van der Waals surface area contributed by atoms with E-state index in [4.69, 9.17) is 52.1 Å². The lowest BCUT2D eigenvalue weighted by Crippen LogP contribution is -2.60. The molecule has 258 valence electrons. The molecule has 1 rings (SSSR count). The Morgan fingerprint density at radius 1 is 0.535 bits per heavy atom. The quantitative estimate of drug-likeness (QED) is 0.176. The second-order valence-electron chi connectivity index (χ2n) is 12.1. The summed E-state index contributed by atoms with van der Waals surface area (Å²) in [5, 5.41) is 0. The van der Waals surface area contributed by atoms with E-state index >= 15 is 0 Å². The SMILES string of the molecule is COCC(OC)C(OC)C(C)C(OC)C(C)C(CC(OC1OC(C)C(OC)C(OC)C1OC)C(C)C(OC)C(C)C)OC. The maximum atomic E-state index is 6.85. The Kier molecular flexibility index (Phi) is 19.5. The highest BCUT2D eigenvalue weighted by atomic mass is 16.7. The third-order valence-corrected chi connectivity index (χ3v) is 9.34. The maximum absolute atomic E-state index is 6.85. The summed E-state index contributed by atoms with van der Waals surface area (Å²) in [6.45, 7) is 13.1. The van der Waals surface area contributed by atoms with Gasteiger partial charge in [0.1, 0.15) is 24.4 Å². The van der Waals surface area contributed by atoms with Gasteiger partial charge in [-0.15, -0.1) is 0 Å². The van der Waals surface area contributed by atoms with Crippen LogP contribution in [0.5, 0.6) is 0 Å². The van der Waals surface area contributed by atoms with Gasteiger partial charge >= 0.3 is 0 Å². The summed E-state index contributed by atoms with van der Waals surface area (Å²) in [5.41, 5.74) is 0. The van der Waals surface area contributed by atoms with Gasteiger partial charge in [0.25, 0.3) is 0 Å². The Bertz CT molecular complexity index is 713. The normalized spacial score (nSPS) is 29.4. The zero-order valence-electron chi connectivity index (χ0n) is 29.6. The zero-order valence-corrected chi connectivity index (χ0v) is 29.6. The van der Waals surface area contributed by atoms with E-state index in [1.807, 2.05) is 6.92 Å². The van der Waals surface area contributed by atoms with Crippen LogP contribution in [0.2, 0.25) is 0 Å². The van der Waals surface area contributed by atoms with Crippen LogP contribution in [-0.2, 0) is 52.1 Å². The monoisotopic (exact) mass is 624 g/mol. The van der Waals surface area contributed by atoms with Gasteiger partial charge in [-0.1, -0.05) is 34.6 Å². The predicted molar refractivity (Wildman–Crippen MR) is 164 cm³/mol. The van der Waals surface area contributed by atoms with E-state index in [1.165, 1.54) is 0 Å². The van der Waals surface area contributed by atoms with E-state index < -0.39 is 12.4 Å². The molecule has 43 heavy (non-hydrogen) atoms. The molecular formula is C32H64O11. The van der Waals surface area contributed by atoms with Gasteiger partial charge in [0.05, 0.1) is 43.2 Å². The van der Waals surface area contributed by atoms with Crippen LogP contribution >= 0.6 is 0 Å². The van der Waals surface area contributed by atoms with Crippen LogP contribution in [0.4, 0.5) is 0 Å². The van der Waals surface area contributed by atoms with Crippen molar-refractivity contribution < 1.29 is 52.1 Å². The van der Waals surface area contributed by atoms with Crippen molar-refractivity contribution >= 4 is 0 Å². The smallest absolute Gasteiger partial charge is 0.187 e. The number of rotatable bonds is 22. The van der Waals surface area contributed by atoms with Crippen molar-refractivity contribution in [2.24, 2.45) is 23.7 Å². The fourth-order valence-corrected chi connectivity index (χ4v) is 7.02. The molecule has 11 nitrogen and oxygen atoms in total.